The van der Waals surface area contributed by atoms with Crippen LogP contribution >= 0.6 is 22.9 Å². The summed E-state index contributed by atoms with van der Waals surface area (Å²) in [6.07, 6.45) is 2.14. The second-order valence-corrected chi connectivity index (χ2v) is 8.41. The summed E-state index contributed by atoms with van der Waals surface area (Å²) in [4.78, 5) is 18.4. The third kappa shape index (κ3) is 4.29. The van der Waals surface area contributed by atoms with Gasteiger partial charge in [0.15, 0.2) is 6.54 Å². The minimum absolute atomic E-state index is 0.131. The molecule has 0 bridgehead atoms. The number of likely N-dealkylation sites (tertiary alicyclic amines) is 1. The quantitative estimate of drug-likeness (QED) is 0.699. The average Bonchev–Trinajstić information content (AvgIpc) is 3.09. The molecule has 140 valence electrons. The van der Waals surface area contributed by atoms with Crippen LogP contribution in [-0.2, 0) is 4.79 Å². The molecule has 1 amide bonds. The van der Waals surface area contributed by atoms with Crippen LogP contribution in [0.1, 0.15) is 23.8 Å². The molecule has 7 heteroatoms. The molecule has 1 unspecified atom stereocenters. The number of benzene rings is 2. The van der Waals surface area contributed by atoms with Gasteiger partial charge in [-0.2, -0.15) is 0 Å². The van der Waals surface area contributed by atoms with Gasteiger partial charge in [-0.15, -0.1) is 11.3 Å². The standard InChI is InChI=1S/C20H19ClFN3OS/c21-14-7-8-15(22)17(10-14)23-19(26)12-25-9-3-4-13(11-25)20-24-16-5-1-2-6-18(16)27-20/h1-2,5-8,10,13H,3-4,9,11-12H2,(H,23,26)/p+1/t13-/m1/s1. The van der Waals surface area contributed by atoms with Crippen LogP contribution in [0.15, 0.2) is 42.5 Å². The maximum absolute atomic E-state index is 13.8. The SMILES string of the molecule is O=C(C[NH+]1CCC[C@@H](c2nc3ccccc3s2)C1)Nc1cc(Cl)ccc1F. The first-order valence-corrected chi connectivity index (χ1v) is 10.2. The molecule has 0 spiro atoms. The van der Waals surface area contributed by atoms with Crippen LogP contribution in [0.4, 0.5) is 10.1 Å². The van der Waals surface area contributed by atoms with Gasteiger partial charge in [-0.05, 0) is 43.2 Å². The molecule has 4 nitrogen and oxygen atoms in total. The van der Waals surface area contributed by atoms with Crippen molar-refractivity contribution in [2.75, 3.05) is 25.0 Å². The van der Waals surface area contributed by atoms with Gasteiger partial charge < -0.3 is 10.2 Å². The summed E-state index contributed by atoms with van der Waals surface area (Å²) >= 11 is 7.63. The van der Waals surface area contributed by atoms with Gasteiger partial charge in [0.2, 0.25) is 0 Å². The van der Waals surface area contributed by atoms with E-state index in [-0.39, 0.29) is 11.6 Å². The molecular formula is C20H20ClFN3OS+. The molecule has 1 aromatic heterocycles. The Hall–Kier alpha value is -2.02. The van der Waals surface area contributed by atoms with E-state index in [0.29, 0.717) is 17.5 Å². The lowest BCUT2D eigenvalue weighted by Crippen LogP contribution is -3.14. The van der Waals surface area contributed by atoms with Gasteiger partial charge >= 0.3 is 0 Å². The summed E-state index contributed by atoms with van der Waals surface area (Å²) in [5.74, 6) is -0.313. The number of quaternary nitrogens is 1. The zero-order valence-electron chi connectivity index (χ0n) is 14.7. The van der Waals surface area contributed by atoms with Crippen LogP contribution in [0.3, 0.4) is 0 Å². The largest absolute Gasteiger partial charge is 0.327 e. The van der Waals surface area contributed by atoms with Crippen molar-refractivity contribution in [3.63, 3.8) is 0 Å². The molecule has 4 rings (SSSR count). The Balaban J connectivity index is 1.40. The normalized spacial score (nSPS) is 19.9. The Morgan fingerprint density at radius 1 is 1.33 bits per heavy atom. The van der Waals surface area contributed by atoms with Gasteiger partial charge in [0.25, 0.3) is 5.91 Å². The Bertz CT molecular complexity index is 944. The van der Waals surface area contributed by atoms with E-state index in [4.69, 9.17) is 16.6 Å². The van der Waals surface area contributed by atoms with Gasteiger partial charge in [0.05, 0.1) is 34.9 Å². The number of amides is 1. The summed E-state index contributed by atoms with van der Waals surface area (Å²) in [6.45, 7) is 2.12. The molecule has 3 aromatic rings. The number of fused-ring (bicyclic) bond motifs is 1. The van der Waals surface area contributed by atoms with Crippen LogP contribution in [0, 0.1) is 5.82 Å². The highest BCUT2D eigenvalue weighted by Crippen LogP contribution is 2.30. The number of halogens is 2. The number of nitrogens with zero attached hydrogens (tertiary/aromatic N) is 1. The molecule has 2 heterocycles. The van der Waals surface area contributed by atoms with Crippen molar-refractivity contribution in [3.05, 3.63) is 58.3 Å². The number of carbonyl (C=O) groups excluding carboxylic acids is 1. The smallest absolute Gasteiger partial charge is 0.279 e. The first-order chi connectivity index (χ1) is 13.1. The third-order valence-corrected chi connectivity index (χ3v) is 6.32. The highest BCUT2D eigenvalue weighted by molar-refractivity contribution is 7.18. The lowest BCUT2D eigenvalue weighted by molar-refractivity contribution is -0.898. The van der Waals surface area contributed by atoms with Crippen LogP contribution < -0.4 is 10.2 Å². The molecule has 27 heavy (non-hydrogen) atoms. The number of rotatable bonds is 4. The minimum atomic E-state index is -0.478. The van der Waals surface area contributed by atoms with E-state index in [1.165, 1.54) is 27.8 Å². The molecule has 1 saturated heterocycles. The number of hydrogen-bond donors (Lipinski definition) is 2. The van der Waals surface area contributed by atoms with Crippen molar-refractivity contribution in [1.82, 2.24) is 4.98 Å². The Morgan fingerprint density at radius 2 is 2.19 bits per heavy atom. The maximum Gasteiger partial charge on any atom is 0.279 e. The zero-order chi connectivity index (χ0) is 18.8. The van der Waals surface area contributed by atoms with Crippen molar-refractivity contribution >= 4 is 44.7 Å². The number of para-hydroxylation sites is 1. The number of hydrogen-bond acceptors (Lipinski definition) is 3. The average molecular weight is 405 g/mol. The summed E-state index contributed by atoms with van der Waals surface area (Å²) in [5.41, 5.74) is 1.17. The fraction of sp³-hybridized carbons (Fsp3) is 0.300. The van der Waals surface area contributed by atoms with E-state index in [1.54, 1.807) is 11.3 Å². The lowest BCUT2D eigenvalue weighted by atomic mass is 9.99. The number of aromatic nitrogens is 1. The summed E-state index contributed by atoms with van der Waals surface area (Å²) in [7, 11) is 0. The molecular weight excluding hydrogens is 385 g/mol. The maximum atomic E-state index is 13.8. The number of nitrogens with one attached hydrogen (secondary N) is 2. The molecule has 2 aromatic carbocycles. The summed E-state index contributed by atoms with van der Waals surface area (Å²) < 4.78 is 15.0. The van der Waals surface area contributed by atoms with Gasteiger partial charge in [0, 0.05) is 5.02 Å². The van der Waals surface area contributed by atoms with Gasteiger partial charge in [-0.1, -0.05) is 23.7 Å². The number of carbonyl (C=O) groups is 1. The minimum Gasteiger partial charge on any atom is -0.327 e. The Kier molecular flexibility index (Phi) is 5.38. The van der Waals surface area contributed by atoms with Crippen molar-refractivity contribution in [2.45, 2.75) is 18.8 Å². The van der Waals surface area contributed by atoms with Crippen LogP contribution in [0.5, 0.6) is 0 Å². The molecule has 0 radical (unpaired) electrons. The summed E-state index contributed by atoms with van der Waals surface area (Å²) in [6, 6.07) is 12.3. The highest BCUT2D eigenvalue weighted by atomic mass is 35.5. The molecule has 0 aliphatic carbocycles. The molecule has 2 N–H and O–H groups in total. The number of piperidine rings is 1. The first-order valence-electron chi connectivity index (χ1n) is 9.02. The van der Waals surface area contributed by atoms with Gasteiger partial charge in [0.1, 0.15) is 10.8 Å². The molecule has 0 saturated carbocycles. The van der Waals surface area contributed by atoms with E-state index < -0.39 is 5.82 Å². The van der Waals surface area contributed by atoms with Crippen molar-refractivity contribution in [3.8, 4) is 0 Å². The zero-order valence-corrected chi connectivity index (χ0v) is 16.2. The highest BCUT2D eigenvalue weighted by Gasteiger charge is 2.28. The fourth-order valence-corrected chi connectivity index (χ4v) is 4.88. The predicted molar refractivity (Wildman–Crippen MR) is 107 cm³/mol. The topological polar surface area (TPSA) is 46.4 Å². The van der Waals surface area contributed by atoms with Crippen molar-refractivity contribution < 1.29 is 14.1 Å². The number of thiazole rings is 1. The molecule has 1 aliphatic rings. The van der Waals surface area contributed by atoms with E-state index in [9.17, 15) is 9.18 Å². The van der Waals surface area contributed by atoms with E-state index in [1.807, 2.05) is 18.2 Å². The molecule has 2 atom stereocenters. The second kappa shape index (κ2) is 7.92. The predicted octanol–water partition coefficient (Wildman–Crippen LogP) is 3.49. The number of anilines is 1. The molecule has 1 aliphatic heterocycles. The fourth-order valence-electron chi connectivity index (χ4n) is 3.60. The van der Waals surface area contributed by atoms with Gasteiger partial charge in [-0.3, -0.25) is 4.79 Å². The molecule has 1 fully saturated rings. The lowest BCUT2D eigenvalue weighted by Gasteiger charge is -2.28. The van der Waals surface area contributed by atoms with E-state index in [0.717, 1.165) is 36.5 Å². The Morgan fingerprint density at radius 3 is 3.04 bits per heavy atom. The van der Waals surface area contributed by atoms with Crippen molar-refractivity contribution in [2.24, 2.45) is 0 Å². The Labute approximate surface area is 166 Å². The van der Waals surface area contributed by atoms with Crippen LogP contribution in [0.25, 0.3) is 10.2 Å². The van der Waals surface area contributed by atoms with Crippen LogP contribution in [0.2, 0.25) is 5.02 Å². The van der Waals surface area contributed by atoms with Crippen molar-refractivity contribution in [1.29, 1.82) is 0 Å². The van der Waals surface area contributed by atoms with Crippen LogP contribution in [-0.4, -0.2) is 30.5 Å². The second-order valence-electron chi connectivity index (χ2n) is 6.91. The van der Waals surface area contributed by atoms with E-state index in [2.05, 4.69) is 11.4 Å². The summed E-state index contributed by atoms with van der Waals surface area (Å²) in [5, 5.41) is 4.19. The third-order valence-electron chi connectivity index (χ3n) is 4.89. The van der Waals surface area contributed by atoms with E-state index >= 15 is 0 Å². The monoisotopic (exact) mass is 404 g/mol. The van der Waals surface area contributed by atoms with Gasteiger partial charge in [-0.25, -0.2) is 9.37 Å². The first kappa shape index (κ1) is 18.3.